The Morgan fingerprint density at radius 3 is 2.25 bits per heavy atom. The average molecular weight is 299 g/mol. The number of carbonyl (C=O) groups excluding carboxylic acids is 2. The van der Waals surface area contributed by atoms with E-state index in [-0.39, 0.29) is 12.3 Å². The van der Waals surface area contributed by atoms with E-state index in [9.17, 15) is 22.8 Å². The number of aliphatic hydroxyl groups is 1. The zero-order chi connectivity index (χ0) is 15.9. The molecule has 0 aromatic rings. The first-order valence-electron chi connectivity index (χ1n) is 6.09. The summed E-state index contributed by atoms with van der Waals surface area (Å²) in [5, 5.41) is 10.9. The van der Waals surface area contributed by atoms with Crippen molar-refractivity contribution in [2.75, 3.05) is 19.7 Å². The predicted octanol–water partition coefficient (Wildman–Crippen LogP) is 0.453. The lowest BCUT2D eigenvalue weighted by Gasteiger charge is -2.28. The summed E-state index contributed by atoms with van der Waals surface area (Å²) in [5.74, 6) is -0.943. The molecule has 0 bridgehead atoms. The van der Waals surface area contributed by atoms with E-state index >= 15 is 0 Å². The number of hydrogen-bond donors (Lipinski definition) is 3. The van der Waals surface area contributed by atoms with Crippen molar-refractivity contribution in [2.45, 2.75) is 32.5 Å². The summed E-state index contributed by atoms with van der Waals surface area (Å²) in [6.07, 6.45) is -4.43. The average Bonchev–Trinajstić information content (AvgIpc) is 2.23. The van der Waals surface area contributed by atoms with Gasteiger partial charge in [-0.2, -0.15) is 13.2 Å². The van der Waals surface area contributed by atoms with Crippen molar-refractivity contribution in [1.29, 1.82) is 0 Å². The van der Waals surface area contributed by atoms with Gasteiger partial charge in [0.1, 0.15) is 12.6 Å². The Morgan fingerprint density at radius 1 is 1.35 bits per heavy atom. The molecule has 118 valence electrons. The minimum absolute atomic E-state index is 0.0299. The minimum atomic E-state index is -4.58. The molecule has 0 heterocycles. The van der Waals surface area contributed by atoms with Crippen LogP contribution in [0.4, 0.5) is 18.0 Å². The van der Waals surface area contributed by atoms with Gasteiger partial charge < -0.3 is 21.1 Å². The molecule has 3 amide bonds. The molecule has 0 saturated heterocycles. The van der Waals surface area contributed by atoms with E-state index < -0.39 is 43.9 Å². The molecular weight excluding hydrogens is 279 g/mol. The number of primary amides is 1. The largest absolute Gasteiger partial charge is 0.406 e. The number of hydrogen-bond acceptors (Lipinski definition) is 3. The molecule has 0 rings (SSSR count). The summed E-state index contributed by atoms with van der Waals surface area (Å²) >= 11 is 0. The summed E-state index contributed by atoms with van der Waals surface area (Å²) in [5.41, 5.74) is 4.92. The van der Waals surface area contributed by atoms with Gasteiger partial charge in [0.2, 0.25) is 5.91 Å². The fourth-order valence-electron chi connectivity index (χ4n) is 1.69. The Labute approximate surface area is 115 Å². The highest BCUT2D eigenvalue weighted by Crippen LogP contribution is 2.18. The monoisotopic (exact) mass is 299 g/mol. The summed E-state index contributed by atoms with van der Waals surface area (Å²) in [4.78, 5) is 23.3. The molecule has 0 aliphatic heterocycles. The molecule has 4 N–H and O–H groups in total. The van der Waals surface area contributed by atoms with Crippen molar-refractivity contribution in [3.05, 3.63) is 0 Å². The summed E-state index contributed by atoms with van der Waals surface area (Å²) < 4.78 is 37.2. The van der Waals surface area contributed by atoms with Crippen LogP contribution in [-0.4, -0.2) is 53.9 Å². The van der Waals surface area contributed by atoms with Crippen molar-refractivity contribution in [3.63, 3.8) is 0 Å². The van der Waals surface area contributed by atoms with Crippen LogP contribution in [0.5, 0.6) is 0 Å². The molecule has 0 aliphatic rings. The lowest BCUT2D eigenvalue weighted by Crippen LogP contribution is -2.53. The van der Waals surface area contributed by atoms with E-state index in [1.165, 1.54) is 0 Å². The predicted molar refractivity (Wildman–Crippen MR) is 65.7 cm³/mol. The normalized spacial score (nSPS) is 13.2. The first kappa shape index (κ1) is 18.5. The highest BCUT2D eigenvalue weighted by atomic mass is 19.4. The number of aliphatic hydroxyl groups excluding tert-OH is 1. The van der Waals surface area contributed by atoms with Crippen LogP contribution in [0.25, 0.3) is 0 Å². The molecule has 0 aromatic heterocycles. The number of carbonyl (C=O) groups is 2. The van der Waals surface area contributed by atoms with Gasteiger partial charge in [0.05, 0.1) is 6.61 Å². The van der Waals surface area contributed by atoms with Crippen LogP contribution in [0, 0.1) is 5.92 Å². The number of rotatable bonds is 7. The van der Waals surface area contributed by atoms with Crippen LogP contribution < -0.4 is 11.1 Å². The number of urea groups is 1. The van der Waals surface area contributed by atoms with Crippen molar-refractivity contribution >= 4 is 11.9 Å². The molecule has 1 atom stereocenters. The number of nitrogens with one attached hydrogen (secondary N) is 1. The van der Waals surface area contributed by atoms with Gasteiger partial charge in [0, 0.05) is 6.54 Å². The van der Waals surface area contributed by atoms with Crippen LogP contribution in [0.15, 0.2) is 0 Å². The lowest BCUT2D eigenvalue weighted by atomic mass is 10.0. The molecule has 0 aliphatic carbocycles. The van der Waals surface area contributed by atoms with Crippen molar-refractivity contribution < 1.29 is 27.9 Å². The molecule has 9 heteroatoms. The number of nitrogens with zero attached hydrogens (tertiary/aromatic N) is 1. The molecule has 0 aromatic carbocycles. The summed E-state index contributed by atoms with van der Waals surface area (Å²) in [7, 11) is 0. The lowest BCUT2D eigenvalue weighted by molar-refractivity contribution is -0.163. The van der Waals surface area contributed by atoms with Crippen LogP contribution >= 0.6 is 0 Å². The molecule has 6 nitrogen and oxygen atoms in total. The van der Waals surface area contributed by atoms with Crippen LogP contribution in [0.2, 0.25) is 0 Å². The maximum absolute atomic E-state index is 12.4. The minimum Gasteiger partial charge on any atom is -0.395 e. The zero-order valence-electron chi connectivity index (χ0n) is 11.4. The molecule has 0 radical (unpaired) electrons. The number of alkyl halides is 3. The third-order valence-electron chi connectivity index (χ3n) is 2.37. The van der Waals surface area contributed by atoms with Gasteiger partial charge in [-0.25, -0.2) is 4.79 Å². The van der Waals surface area contributed by atoms with E-state index in [0.717, 1.165) is 0 Å². The van der Waals surface area contributed by atoms with Gasteiger partial charge >= 0.3 is 12.2 Å². The Bertz CT molecular complexity index is 335. The van der Waals surface area contributed by atoms with E-state index in [1.54, 1.807) is 13.8 Å². The van der Waals surface area contributed by atoms with E-state index in [1.807, 2.05) is 0 Å². The van der Waals surface area contributed by atoms with Gasteiger partial charge in [0.15, 0.2) is 0 Å². The highest BCUT2D eigenvalue weighted by Gasteiger charge is 2.35. The fraction of sp³-hybridized carbons (Fsp3) is 0.818. The smallest absolute Gasteiger partial charge is 0.395 e. The topological polar surface area (TPSA) is 95.7 Å². The third-order valence-corrected chi connectivity index (χ3v) is 2.37. The van der Waals surface area contributed by atoms with Crippen LogP contribution in [0.3, 0.4) is 0 Å². The fourth-order valence-corrected chi connectivity index (χ4v) is 1.69. The first-order valence-corrected chi connectivity index (χ1v) is 6.09. The Balaban J connectivity index is 4.98. The van der Waals surface area contributed by atoms with Gasteiger partial charge in [-0.1, -0.05) is 13.8 Å². The first-order chi connectivity index (χ1) is 9.06. The second-order valence-electron chi connectivity index (χ2n) is 4.79. The summed E-state index contributed by atoms with van der Waals surface area (Å²) in [6.45, 7) is 0.952. The van der Waals surface area contributed by atoms with Gasteiger partial charge in [-0.15, -0.1) is 0 Å². The van der Waals surface area contributed by atoms with E-state index in [0.29, 0.717) is 4.90 Å². The molecule has 1 unspecified atom stereocenters. The Hall–Kier alpha value is -1.51. The van der Waals surface area contributed by atoms with Crippen molar-refractivity contribution in [3.8, 4) is 0 Å². The second-order valence-corrected chi connectivity index (χ2v) is 4.79. The molecule has 20 heavy (non-hydrogen) atoms. The third kappa shape index (κ3) is 7.82. The van der Waals surface area contributed by atoms with Gasteiger partial charge in [-0.05, 0) is 12.3 Å². The van der Waals surface area contributed by atoms with Gasteiger partial charge in [0.25, 0.3) is 0 Å². The molecule has 0 spiro atoms. The van der Waals surface area contributed by atoms with Gasteiger partial charge in [-0.3, -0.25) is 4.79 Å². The van der Waals surface area contributed by atoms with Crippen LogP contribution in [0.1, 0.15) is 20.3 Å². The van der Waals surface area contributed by atoms with Crippen molar-refractivity contribution in [1.82, 2.24) is 10.2 Å². The number of amides is 3. The second kappa shape index (κ2) is 7.93. The Morgan fingerprint density at radius 2 is 1.90 bits per heavy atom. The SMILES string of the molecule is CC(C)CC(NC(N)=O)C(=O)N(CCO)CC(F)(F)F. The molecule has 0 saturated carbocycles. The standard InChI is InChI=1S/C11H20F3N3O3/c1-7(2)5-8(16-10(15)20)9(19)17(3-4-18)6-11(12,13)14/h7-8,18H,3-6H2,1-2H3,(H3,15,16,20). The van der Waals surface area contributed by atoms with Crippen molar-refractivity contribution in [2.24, 2.45) is 11.7 Å². The number of nitrogens with two attached hydrogens (primary N) is 1. The van der Waals surface area contributed by atoms with E-state index in [2.05, 4.69) is 5.32 Å². The Kier molecular flexibility index (Phi) is 7.33. The zero-order valence-corrected chi connectivity index (χ0v) is 11.4. The van der Waals surface area contributed by atoms with Crippen LogP contribution in [-0.2, 0) is 4.79 Å². The quantitative estimate of drug-likeness (QED) is 0.637. The molecular formula is C11H20F3N3O3. The maximum Gasteiger partial charge on any atom is 0.406 e. The summed E-state index contributed by atoms with van der Waals surface area (Å²) in [6, 6.07) is -2.12. The van der Waals surface area contributed by atoms with E-state index in [4.69, 9.17) is 10.8 Å². The highest BCUT2D eigenvalue weighted by molar-refractivity contribution is 5.86. The maximum atomic E-state index is 12.4. The number of halogens is 3. The molecule has 0 fully saturated rings.